The lowest BCUT2D eigenvalue weighted by Crippen LogP contribution is -2.14. The normalized spacial score (nSPS) is 10.8. The monoisotopic (exact) mass is 359 g/mol. The fourth-order valence-electron chi connectivity index (χ4n) is 2.78. The molecule has 5 heteroatoms. The molecule has 0 saturated carbocycles. The smallest absolute Gasteiger partial charge is 0.234 e. The number of carbonyl (C=O) groups excluding carboxylic acids is 1. The van der Waals surface area contributed by atoms with E-state index in [0.29, 0.717) is 5.75 Å². The van der Waals surface area contributed by atoms with Crippen molar-refractivity contribution in [1.29, 1.82) is 0 Å². The molecule has 4 nitrogen and oxygen atoms in total. The highest BCUT2D eigenvalue weighted by atomic mass is 32.2. The summed E-state index contributed by atoms with van der Waals surface area (Å²) >= 11 is 1.43. The van der Waals surface area contributed by atoms with Gasteiger partial charge in [-0.3, -0.25) is 9.36 Å². The Balaban J connectivity index is 1.59. The van der Waals surface area contributed by atoms with Crippen LogP contribution < -0.4 is 5.32 Å². The lowest BCUT2D eigenvalue weighted by Gasteiger charge is -2.09. The summed E-state index contributed by atoms with van der Waals surface area (Å²) in [5, 5.41) is 3.71. The lowest BCUT2D eigenvalue weighted by molar-refractivity contribution is -0.113. The third-order valence-electron chi connectivity index (χ3n) is 3.93. The number of amides is 1. The summed E-state index contributed by atoms with van der Waals surface area (Å²) in [6.07, 6.45) is 0. The first kappa shape index (κ1) is 16.4. The number of nitrogens with zero attached hydrogens (tertiary/aromatic N) is 2. The van der Waals surface area contributed by atoms with Crippen LogP contribution in [-0.4, -0.2) is 21.2 Å². The van der Waals surface area contributed by atoms with Gasteiger partial charge in [-0.2, -0.15) is 0 Å². The number of para-hydroxylation sites is 4. The molecule has 128 valence electrons. The van der Waals surface area contributed by atoms with E-state index in [4.69, 9.17) is 4.98 Å². The summed E-state index contributed by atoms with van der Waals surface area (Å²) in [6.45, 7) is 0. The number of fused-ring (bicyclic) bond motifs is 1. The van der Waals surface area contributed by atoms with E-state index in [9.17, 15) is 4.79 Å². The second kappa shape index (κ2) is 7.45. The molecule has 0 saturated heterocycles. The number of thioether (sulfide) groups is 1. The van der Waals surface area contributed by atoms with Gasteiger partial charge in [-0.15, -0.1) is 0 Å². The van der Waals surface area contributed by atoms with Crippen molar-refractivity contribution in [3.8, 4) is 5.69 Å². The topological polar surface area (TPSA) is 46.9 Å². The van der Waals surface area contributed by atoms with E-state index >= 15 is 0 Å². The molecular formula is C21H17N3OS. The Morgan fingerprint density at radius 2 is 1.54 bits per heavy atom. The second-order valence-corrected chi connectivity index (χ2v) is 6.70. The molecule has 0 unspecified atom stereocenters. The molecule has 0 fully saturated rings. The molecule has 3 aromatic carbocycles. The fraction of sp³-hybridized carbons (Fsp3) is 0.0476. The molecule has 0 spiro atoms. The number of hydrogen-bond donors (Lipinski definition) is 1. The summed E-state index contributed by atoms with van der Waals surface area (Å²) in [4.78, 5) is 17.0. The van der Waals surface area contributed by atoms with Crippen LogP contribution in [0, 0.1) is 0 Å². The maximum absolute atomic E-state index is 12.3. The first-order valence-corrected chi connectivity index (χ1v) is 9.30. The van der Waals surface area contributed by atoms with Crippen LogP contribution in [0.25, 0.3) is 16.7 Å². The number of rotatable bonds is 5. The predicted molar refractivity (Wildman–Crippen MR) is 107 cm³/mol. The third kappa shape index (κ3) is 3.48. The van der Waals surface area contributed by atoms with E-state index in [2.05, 4.69) is 9.88 Å². The standard InChI is InChI=1S/C21H17N3OS/c25-20(22-16-9-3-1-4-10-16)15-26-21-23-18-13-7-8-14-19(18)24(21)17-11-5-2-6-12-17/h1-14H,15H2,(H,22,25). The molecule has 0 aliphatic carbocycles. The molecule has 1 amide bonds. The maximum atomic E-state index is 12.3. The average molecular weight is 359 g/mol. The molecule has 4 rings (SSSR count). The molecule has 0 aliphatic heterocycles. The summed E-state index contributed by atoms with van der Waals surface area (Å²) in [5.74, 6) is 0.248. The molecule has 0 aliphatic rings. The van der Waals surface area contributed by atoms with Crippen LogP contribution in [0.3, 0.4) is 0 Å². The van der Waals surface area contributed by atoms with Crippen LogP contribution >= 0.6 is 11.8 Å². The number of imidazole rings is 1. The van der Waals surface area contributed by atoms with Gasteiger partial charge in [-0.1, -0.05) is 60.3 Å². The third-order valence-corrected chi connectivity index (χ3v) is 4.87. The number of benzene rings is 3. The molecule has 0 bridgehead atoms. The molecule has 0 atom stereocenters. The number of anilines is 1. The first-order chi connectivity index (χ1) is 12.8. The van der Waals surface area contributed by atoms with Gasteiger partial charge in [0.2, 0.25) is 5.91 Å². The minimum atomic E-state index is -0.0483. The van der Waals surface area contributed by atoms with E-state index in [-0.39, 0.29) is 5.91 Å². The van der Waals surface area contributed by atoms with Gasteiger partial charge in [0.25, 0.3) is 0 Å². The highest BCUT2D eigenvalue weighted by Crippen LogP contribution is 2.28. The van der Waals surface area contributed by atoms with Crippen molar-refractivity contribution in [1.82, 2.24) is 9.55 Å². The van der Waals surface area contributed by atoms with E-state index in [1.54, 1.807) is 0 Å². The Hall–Kier alpha value is -3.05. The molecule has 1 aromatic heterocycles. The van der Waals surface area contributed by atoms with E-state index in [1.165, 1.54) is 11.8 Å². The summed E-state index contributed by atoms with van der Waals surface area (Å²) in [5.41, 5.74) is 3.79. The second-order valence-electron chi connectivity index (χ2n) is 5.76. The summed E-state index contributed by atoms with van der Waals surface area (Å²) in [6, 6.07) is 27.6. The molecule has 1 heterocycles. The van der Waals surface area contributed by atoms with Crippen LogP contribution in [0.4, 0.5) is 5.69 Å². The Kier molecular flexibility index (Phi) is 4.71. The number of aromatic nitrogens is 2. The van der Waals surface area contributed by atoms with Crippen LogP contribution in [0.15, 0.2) is 90.1 Å². The van der Waals surface area contributed by atoms with Crippen molar-refractivity contribution >= 4 is 34.4 Å². The minimum absolute atomic E-state index is 0.0483. The zero-order valence-electron chi connectivity index (χ0n) is 14.0. The van der Waals surface area contributed by atoms with Gasteiger partial charge in [0.05, 0.1) is 16.8 Å². The largest absolute Gasteiger partial charge is 0.325 e. The Morgan fingerprint density at radius 1 is 0.885 bits per heavy atom. The highest BCUT2D eigenvalue weighted by molar-refractivity contribution is 7.99. The minimum Gasteiger partial charge on any atom is -0.325 e. The van der Waals surface area contributed by atoms with Crippen molar-refractivity contribution in [3.05, 3.63) is 84.9 Å². The van der Waals surface area contributed by atoms with Gasteiger partial charge in [0, 0.05) is 11.4 Å². The quantitative estimate of drug-likeness (QED) is 0.523. The van der Waals surface area contributed by atoms with Gasteiger partial charge in [0.1, 0.15) is 0 Å². The van der Waals surface area contributed by atoms with Crippen molar-refractivity contribution in [2.24, 2.45) is 0 Å². The highest BCUT2D eigenvalue weighted by Gasteiger charge is 2.14. The van der Waals surface area contributed by atoms with E-state index in [1.807, 2.05) is 84.9 Å². The number of hydrogen-bond acceptors (Lipinski definition) is 3. The van der Waals surface area contributed by atoms with Crippen molar-refractivity contribution in [2.45, 2.75) is 5.16 Å². The van der Waals surface area contributed by atoms with Gasteiger partial charge in [-0.05, 0) is 36.4 Å². The van der Waals surface area contributed by atoms with Crippen molar-refractivity contribution in [2.75, 3.05) is 11.1 Å². The van der Waals surface area contributed by atoms with Crippen LogP contribution in [0.5, 0.6) is 0 Å². The Morgan fingerprint density at radius 3 is 2.31 bits per heavy atom. The maximum Gasteiger partial charge on any atom is 0.234 e. The Bertz CT molecular complexity index is 1030. The first-order valence-electron chi connectivity index (χ1n) is 8.32. The molecular weight excluding hydrogens is 342 g/mol. The number of nitrogens with one attached hydrogen (secondary N) is 1. The van der Waals surface area contributed by atoms with Gasteiger partial charge < -0.3 is 5.32 Å². The van der Waals surface area contributed by atoms with Gasteiger partial charge >= 0.3 is 0 Å². The molecule has 26 heavy (non-hydrogen) atoms. The molecule has 0 radical (unpaired) electrons. The Labute approximate surface area is 155 Å². The van der Waals surface area contributed by atoms with Crippen LogP contribution in [0.1, 0.15) is 0 Å². The predicted octanol–water partition coefficient (Wildman–Crippen LogP) is 4.76. The van der Waals surface area contributed by atoms with E-state index < -0.39 is 0 Å². The van der Waals surface area contributed by atoms with Crippen molar-refractivity contribution < 1.29 is 4.79 Å². The van der Waals surface area contributed by atoms with Crippen LogP contribution in [0.2, 0.25) is 0 Å². The fourth-order valence-corrected chi connectivity index (χ4v) is 3.60. The SMILES string of the molecule is O=C(CSc1nc2ccccc2n1-c1ccccc1)Nc1ccccc1. The van der Waals surface area contributed by atoms with E-state index in [0.717, 1.165) is 27.6 Å². The lowest BCUT2D eigenvalue weighted by atomic mass is 10.3. The molecule has 1 N–H and O–H groups in total. The van der Waals surface area contributed by atoms with Gasteiger partial charge in [-0.25, -0.2) is 4.98 Å². The zero-order chi connectivity index (χ0) is 17.8. The zero-order valence-corrected chi connectivity index (χ0v) is 14.8. The molecule has 4 aromatic rings. The summed E-state index contributed by atoms with van der Waals surface area (Å²) < 4.78 is 2.09. The summed E-state index contributed by atoms with van der Waals surface area (Å²) in [7, 11) is 0. The average Bonchev–Trinajstić information content (AvgIpc) is 3.06. The number of carbonyl (C=O) groups is 1. The van der Waals surface area contributed by atoms with Crippen LogP contribution in [-0.2, 0) is 4.79 Å². The van der Waals surface area contributed by atoms with Gasteiger partial charge in [0.15, 0.2) is 5.16 Å². The van der Waals surface area contributed by atoms with Crippen molar-refractivity contribution in [3.63, 3.8) is 0 Å².